The molecule has 0 radical (unpaired) electrons. The van der Waals surface area contributed by atoms with E-state index in [0.717, 1.165) is 0 Å². The van der Waals surface area contributed by atoms with Crippen molar-refractivity contribution >= 4 is 38.6 Å². The van der Waals surface area contributed by atoms with E-state index in [0.29, 0.717) is 11.8 Å². The molecule has 4 aliphatic carbocycles. The predicted molar refractivity (Wildman–Crippen MR) is 243 cm³/mol. The predicted octanol–water partition coefficient (Wildman–Crippen LogP) is 14.6. The van der Waals surface area contributed by atoms with Gasteiger partial charge in [-0.3, -0.25) is 0 Å². The molecule has 4 aliphatic rings. The van der Waals surface area contributed by atoms with Crippen molar-refractivity contribution in [1.29, 1.82) is 0 Å². The van der Waals surface area contributed by atoms with E-state index in [2.05, 4.69) is 221 Å². The number of hydrogen-bond acceptors (Lipinski definition) is 1. The number of allylic oxidation sites excluding steroid dienone is 4. The summed E-state index contributed by atoms with van der Waals surface area (Å²) >= 11 is 0. The highest BCUT2D eigenvalue weighted by atomic mass is 15.1. The summed E-state index contributed by atoms with van der Waals surface area (Å²) in [6, 6.07) is 62.6. The Kier molecular flexibility index (Phi) is 6.86. The molecule has 0 saturated carbocycles. The van der Waals surface area contributed by atoms with Gasteiger partial charge in [-0.25, -0.2) is 0 Å². The summed E-state index contributed by atoms with van der Waals surface area (Å²) in [5, 5.41) is 5.03. The van der Waals surface area contributed by atoms with Crippen molar-refractivity contribution in [2.45, 2.75) is 49.9 Å². The number of nitrogens with zero attached hydrogens (tertiary/aromatic N) is 1. The lowest BCUT2D eigenvalue weighted by Gasteiger charge is -2.46. The summed E-state index contributed by atoms with van der Waals surface area (Å²) in [6.45, 7) is 9.68. The molecule has 0 amide bonds. The molecule has 1 heteroatoms. The average molecular weight is 744 g/mol. The van der Waals surface area contributed by atoms with Gasteiger partial charge in [-0.15, -0.1) is 0 Å². The normalized spacial score (nSPS) is 19.3. The molecule has 2 atom stereocenters. The Hall–Kier alpha value is -6.44. The van der Waals surface area contributed by atoms with Crippen LogP contribution in [0.2, 0.25) is 0 Å². The smallest absolute Gasteiger partial charge is 0.0720 e. The van der Waals surface area contributed by atoms with E-state index >= 15 is 0 Å². The Bertz CT molecular complexity index is 3050. The molecule has 2 unspecified atom stereocenters. The fourth-order valence-corrected chi connectivity index (χ4v) is 11.9. The summed E-state index contributed by atoms with van der Waals surface area (Å²) < 4.78 is 0. The Morgan fingerprint density at radius 2 is 0.983 bits per heavy atom. The fourth-order valence-electron chi connectivity index (χ4n) is 11.9. The standard InChI is InChI=1S/C57H45N/c1-55(2)46-23-11-9-20-41(46)43-31-29-37(34-52(43)55)58(54-33-36-17-5-6-18-39(36)40-19-7-8-22-45(40)54)38-30-32-44-42-21-10-12-24-47(42)57(53(44)35-38)50-27-15-13-25-48(50)56(3,4)49-26-14-16-28-51(49)57/h5-35,41,46H,1-4H3. The molecule has 0 heterocycles. The van der Waals surface area contributed by atoms with Crippen LogP contribution in [0.5, 0.6) is 0 Å². The van der Waals surface area contributed by atoms with Crippen molar-refractivity contribution in [2.75, 3.05) is 4.90 Å². The summed E-state index contributed by atoms with van der Waals surface area (Å²) in [4.78, 5) is 2.57. The van der Waals surface area contributed by atoms with Crippen LogP contribution >= 0.6 is 0 Å². The van der Waals surface area contributed by atoms with Crippen molar-refractivity contribution in [3.63, 3.8) is 0 Å². The molecule has 8 aromatic carbocycles. The van der Waals surface area contributed by atoms with Gasteiger partial charge in [0.1, 0.15) is 0 Å². The first-order valence-electron chi connectivity index (χ1n) is 20.9. The van der Waals surface area contributed by atoms with Crippen LogP contribution < -0.4 is 4.90 Å². The van der Waals surface area contributed by atoms with Gasteiger partial charge in [0.25, 0.3) is 0 Å². The number of hydrogen-bond donors (Lipinski definition) is 0. The number of fused-ring (bicyclic) bond motifs is 15. The Morgan fingerprint density at radius 3 is 1.72 bits per heavy atom. The number of anilines is 3. The van der Waals surface area contributed by atoms with Gasteiger partial charge in [0.2, 0.25) is 0 Å². The van der Waals surface area contributed by atoms with Gasteiger partial charge in [-0.2, -0.15) is 0 Å². The molecule has 12 rings (SSSR count). The first kappa shape index (κ1) is 33.7. The molecule has 278 valence electrons. The van der Waals surface area contributed by atoms with E-state index < -0.39 is 5.41 Å². The summed E-state index contributed by atoms with van der Waals surface area (Å²) in [5.74, 6) is 0.833. The van der Waals surface area contributed by atoms with Gasteiger partial charge < -0.3 is 4.90 Å². The maximum Gasteiger partial charge on any atom is 0.0720 e. The summed E-state index contributed by atoms with van der Waals surface area (Å²) in [5.41, 5.74) is 16.7. The molecular weight excluding hydrogens is 699 g/mol. The van der Waals surface area contributed by atoms with E-state index in [1.165, 1.54) is 94.2 Å². The van der Waals surface area contributed by atoms with E-state index in [9.17, 15) is 0 Å². The minimum Gasteiger partial charge on any atom is -0.310 e. The minimum absolute atomic E-state index is 0.0135. The van der Waals surface area contributed by atoms with E-state index in [-0.39, 0.29) is 10.8 Å². The van der Waals surface area contributed by atoms with Crippen LogP contribution in [0.25, 0.3) is 32.7 Å². The maximum atomic E-state index is 2.57. The van der Waals surface area contributed by atoms with Gasteiger partial charge in [0.15, 0.2) is 0 Å². The Morgan fingerprint density at radius 1 is 0.431 bits per heavy atom. The number of benzene rings is 8. The van der Waals surface area contributed by atoms with Crippen molar-refractivity contribution < 1.29 is 0 Å². The monoisotopic (exact) mass is 743 g/mol. The van der Waals surface area contributed by atoms with Gasteiger partial charge in [-0.05, 0) is 113 Å². The molecule has 1 spiro atoms. The topological polar surface area (TPSA) is 3.24 Å². The molecule has 0 fully saturated rings. The van der Waals surface area contributed by atoms with Gasteiger partial charge in [0, 0.05) is 28.1 Å². The lowest BCUT2D eigenvalue weighted by molar-refractivity contribution is 0.394. The zero-order valence-corrected chi connectivity index (χ0v) is 33.5. The largest absolute Gasteiger partial charge is 0.310 e. The molecule has 0 aliphatic heterocycles. The second-order valence-corrected chi connectivity index (χ2v) is 18.1. The second-order valence-electron chi connectivity index (χ2n) is 18.1. The van der Waals surface area contributed by atoms with Crippen molar-refractivity contribution in [3.8, 4) is 11.1 Å². The summed E-state index contributed by atoms with van der Waals surface area (Å²) in [6.07, 6.45) is 9.31. The van der Waals surface area contributed by atoms with Gasteiger partial charge in [-0.1, -0.05) is 185 Å². The summed E-state index contributed by atoms with van der Waals surface area (Å²) in [7, 11) is 0. The van der Waals surface area contributed by atoms with Crippen molar-refractivity contribution in [3.05, 3.63) is 233 Å². The zero-order valence-electron chi connectivity index (χ0n) is 33.5. The van der Waals surface area contributed by atoms with E-state index in [1.54, 1.807) is 0 Å². The van der Waals surface area contributed by atoms with E-state index in [4.69, 9.17) is 0 Å². The number of rotatable bonds is 3. The van der Waals surface area contributed by atoms with Crippen molar-refractivity contribution in [1.82, 2.24) is 0 Å². The lowest BCUT2D eigenvalue weighted by atomic mass is 9.55. The maximum absolute atomic E-state index is 2.57. The average Bonchev–Trinajstić information content (AvgIpc) is 3.68. The molecule has 0 aromatic heterocycles. The fraction of sp³-hybridized carbons (Fsp3) is 0.158. The molecule has 0 N–H and O–H groups in total. The third-order valence-electron chi connectivity index (χ3n) is 14.6. The van der Waals surface area contributed by atoms with Crippen LogP contribution in [-0.2, 0) is 16.2 Å². The molecule has 8 aromatic rings. The van der Waals surface area contributed by atoms with Crippen molar-refractivity contribution in [2.24, 2.45) is 5.92 Å². The zero-order chi connectivity index (χ0) is 39.0. The van der Waals surface area contributed by atoms with Gasteiger partial charge >= 0.3 is 0 Å². The van der Waals surface area contributed by atoms with Crippen LogP contribution in [0, 0.1) is 5.92 Å². The molecule has 0 bridgehead atoms. The van der Waals surface area contributed by atoms with E-state index in [1.807, 2.05) is 0 Å². The van der Waals surface area contributed by atoms with Crippen LogP contribution in [0.1, 0.15) is 78.1 Å². The third kappa shape index (κ3) is 4.26. The third-order valence-corrected chi connectivity index (χ3v) is 14.6. The van der Waals surface area contributed by atoms with Crippen LogP contribution in [-0.4, -0.2) is 0 Å². The molecular formula is C57H45N. The Balaban J connectivity index is 1.18. The highest BCUT2D eigenvalue weighted by Gasteiger charge is 2.53. The first-order chi connectivity index (χ1) is 28.3. The highest BCUT2D eigenvalue weighted by Crippen LogP contribution is 2.63. The van der Waals surface area contributed by atoms with Crippen LogP contribution in [0.3, 0.4) is 0 Å². The first-order valence-corrected chi connectivity index (χ1v) is 20.9. The molecule has 58 heavy (non-hydrogen) atoms. The lowest BCUT2D eigenvalue weighted by Crippen LogP contribution is -2.40. The quantitative estimate of drug-likeness (QED) is 0.163. The van der Waals surface area contributed by atoms with Crippen LogP contribution in [0.15, 0.2) is 188 Å². The Labute approximate surface area is 341 Å². The SMILES string of the molecule is CC1(C)c2ccccc2C2(c3ccccc3-c3ccc(N(c4ccc5c(c4)C(C)(C)C4C=CC=CC54)c4cc5ccccc5c5ccccc45)cc32)c2ccccc21. The molecule has 0 saturated heterocycles. The van der Waals surface area contributed by atoms with Gasteiger partial charge in [0.05, 0.1) is 11.1 Å². The highest BCUT2D eigenvalue weighted by molar-refractivity contribution is 6.14. The molecule has 1 nitrogen and oxygen atoms in total. The van der Waals surface area contributed by atoms with Crippen LogP contribution in [0.4, 0.5) is 17.1 Å². The second kappa shape index (κ2) is 11.8. The minimum atomic E-state index is -0.476.